The molecule has 0 saturated heterocycles. The van der Waals surface area contributed by atoms with Gasteiger partial charge in [0.05, 0.1) is 32.2 Å². The molecule has 2 saturated carbocycles. The molecule has 2 fully saturated rings. The topological polar surface area (TPSA) is 108 Å². The zero-order valence-electron chi connectivity index (χ0n) is 22.5. The predicted octanol–water partition coefficient (Wildman–Crippen LogP) is 7.58. The van der Waals surface area contributed by atoms with Crippen LogP contribution in [-0.2, 0) is 17.0 Å². The van der Waals surface area contributed by atoms with E-state index < -0.39 is 17.6 Å². The van der Waals surface area contributed by atoms with E-state index in [0.717, 1.165) is 29.9 Å². The molecule has 214 valence electrons. The quantitative estimate of drug-likeness (QED) is 0.240. The van der Waals surface area contributed by atoms with E-state index in [4.69, 9.17) is 44.1 Å². The van der Waals surface area contributed by atoms with E-state index in [1.54, 1.807) is 47.2 Å². The summed E-state index contributed by atoms with van der Waals surface area (Å²) < 4.78 is 13.6. The van der Waals surface area contributed by atoms with Crippen LogP contribution in [0.2, 0.25) is 15.1 Å². The van der Waals surface area contributed by atoms with Gasteiger partial charge in [-0.1, -0.05) is 56.8 Å². The number of carboxylic acid groups (broad SMARTS) is 1. The summed E-state index contributed by atoms with van der Waals surface area (Å²) in [6.07, 6.45) is 4.55. The van der Waals surface area contributed by atoms with Crippen LogP contribution in [0.1, 0.15) is 62.3 Å². The fraction of sp³-hybridized carbons (Fsp3) is 0.400. The highest BCUT2D eigenvalue weighted by molar-refractivity contribution is 6.39. The Bertz CT molecular complexity index is 1570. The Morgan fingerprint density at radius 1 is 1.12 bits per heavy atom. The van der Waals surface area contributed by atoms with Crippen molar-refractivity contribution < 1.29 is 29.0 Å². The lowest BCUT2D eigenvalue weighted by atomic mass is 9.66. The fourth-order valence-corrected chi connectivity index (χ4v) is 6.62. The summed E-state index contributed by atoms with van der Waals surface area (Å²) in [4.78, 5) is 11.5. The Kier molecular flexibility index (Phi) is 7.39. The van der Waals surface area contributed by atoms with Crippen LogP contribution >= 0.6 is 34.8 Å². The zero-order valence-corrected chi connectivity index (χ0v) is 24.7. The standard InChI is InChI=1S/C30H28Cl3N3O5/c1-15(2)36-25(11-24(34-36)29(37)38)17-12-30(39,13-17)20-9-8-18(10-23(20)33)40-14-19-27(35-41-28(19)16-6-7-16)26-21(31)4-3-5-22(26)32/h3-5,8-11,15-17,24,39H,6-7,12-14H2,1-2H3/p+1. The number of halogens is 3. The van der Waals surface area contributed by atoms with Crippen molar-refractivity contribution in [2.45, 2.75) is 69.7 Å². The van der Waals surface area contributed by atoms with Crippen LogP contribution in [0.5, 0.6) is 5.75 Å². The van der Waals surface area contributed by atoms with Crippen LogP contribution < -0.4 is 4.74 Å². The number of nitrogens with zero attached hydrogens (tertiary/aromatic N) is 3. The lowest BCUT2D eigenvalue weighted by molar-refractivity contribution is -0.580. The van der Waals surface area contributed by atoms with E-state index in [1.165, 1.54) is 0 Å². The summed E-state index contributed by atoms with van der Waals surface area (Å²) in [6, 6.07) is 9.67. The molecule has 1 aliphatic heterocycles. The summed E-state index contributed by atoms with van der Waals surface area (Å²) in [5.41, 5.74) is 2.28. The van der Waals surface area contributed by atoms with E-state index in [-0.39, 0.29) is 18.6 Å². The molecule has 1 atom stereocenters. The first-order valence-electron chi connectivity index (χ1n) is 13.6. The molecule has 11 heteroatoms. The molecule has 2 aromatic carbocycles. The molecule has 8 nitrogen and oxygen atoms in total. The molecular formula is C30H29Cl3N3O5+. The van der Waals surface area contributed by atoms with Crippen molar-refractivity contribution in [3.8, 4) is 17.0 Å². The summed E-state index contributed by atoms with van der Waals surface area (Å²) >= 11 is 19.6. The fourth-order valence-electron chi connectivity index (χ4n) is 5.70. The maximum Gasteiger partial charge on any atom is 0.339 e. The molecule has 3 aromatic rings. The summed E-state index contributed by atoms with van der Waals surface area (Å²) in [5.74, 6) is 0.596. The number of azo groups is 2. The first-order valence-corrected chi connectivity index (χ1v) is 14.7. The molecule has 0 radical (unpaired) electrons. The molecule has 1 aromatic heterocycles. The maximum absolute atomic E-state index is 11.5. The average molecular weight is 618 g/mol. The first kappa shape index (κ1) is 28.2. The van der Waals surface area contributed by atoms with Crippen LogP contribution in [0, 0.1) is 5.92 Å². The second kappa shape index (κ2) is 10.7. The Hall–Kier alpha value is -2.91. The Morgan fingerprint density at radius 3 is 2.44 bits per heavy atom. The Balaban J connectivity index is 1.18. The van der Waals surface area contributed by atoms with E-state index in [9.17, 15) is 15.0 Å². The van der Waals surface area contributed by atoms with Gasteiger partial charge in [-0.3, -0.25) is 0 Å². The highest BCUT2D eigenvalue weighted by Crippen LogP contribution is 2.52. The molecule has 2 heterocycles. The van der Waals surface area contributed by atoms with Crippen molar-refractivity contribution in [3.05, 3.63) is 80.1 Å². The third kappa shape index (κ3) is 5.27. The molecule has 0 spiro atoms. The molecule has 3 aliphatic rings. The number of aliphatic hydroxyl groups is 1. The number of rotatable bonds is 9. The van der Waals surface area contributed by atoms with Crippen LogP contribution in [0.15, 0.2) is 57.8 Å². The average Bonchev–Trinajstić information content (AvgIpc) is 3.50. The number of aromatic nitrogens is 1. The van der Waals surface area contributed by atoms with Crippen molar-refractivity contribution >= 4 is 40.8 Å². The van der Waals surface area contributed by atoms with Gasteiger partial charge in [-0.15, -0.1) is 0 Å². The van der Waals surface area contributed by atoms with Gasteiger partial charge in [-0.2, -0.15) is 0 Å². The van der Waals surface area contributed by atoms with Gasteiger partial charge >= 0.3 is 5.97 Å². The van der Waals surface area contributed by atoms with Crippen LogP contribution in [0.3, 0.4) is 0 Å². The molecule has 2 N–H and O–H groups in total. The number of hydrogen-bond donors (Lipinski definition) is 2. The molecule has 0 bridgehead atoms. The lowest BCUT2D eigenvalue weighted by Crippen LogP contribution is -2.43. The maximum atomic E-state index is 11.5. The van der Waals surface area contributed by atoms with Gasteiger partial charge in [0.25, 0.3) is 0 Å². The molecular weight excluding hydrogens is 589 g/mol. The molecule has 0 amide bonds. The van der Waals surface area contributed by atoms with Gasteiger partial charge < -0.3 is 19.5 Å². The van der Waals surface area contributed by atoms with Crippen LogP contribution in [0.4, 0.5) is 0 Å². The van der Waals surface area contributed by atoms with Gasteiger partial charge in [0.15, 0.2) is 6.04 Å². The van der Waals surface area contributed by atoms with E-state index >= 15 is 0 Å². The zero-order chi connectivity index (χ0) is 29.1. The van der Waals surface area contributed by atoms with Crippen molar-refractivity contribution in [2.75, 3.05) is 0 Å². The number of ether oxygens (including phenoxy) is 1. The highest BCUT2D eigenvalue weighted by atomic mass is 35.5. The molecule has 41 heavy (non-hydrogen) atoms. The molecule has 6 rings (SSSR count). The third-order valence-corrected chi connectivity index (χ3v) is 8.90. The third-order valence-electron chi connectivity index (χ3n) is 7.96. The predicted molar refractivity (Wildman–Crippen MR) is 154 cm³/mol. The van der Waals surface area contributed by atoms with Gasteiger partial charge in [0, 0.05) is 23.1 Å². The number of aliphatic carboxylic acids is 1. The van der Waals surface area contributed by atoms with Crippen molar-refractivity contribution in [2.24, 2.45) is 11.0 Å². The lowest BCUT2D eigenvalue weighted by Gasteiger charge is -2.43. The second-order valence-electron chi connectivity index (χ2n) is 11.2. The summed E-state index contributed by atoms with van der Waals surface area (Å²) in [6.45, 7) is 4.10. The van der Waals surface area contributed by atoms with Crippen molar-refractivity contribution in [1.29, 1.82) is 0 Å². The largest absolute Gasteiger partial charge is 0.489 e. The number of hydrogen-bond acceptors (Lipinski definition) is 6. The molecule has 1 unspecified atom stereocenters. The second-order valence-corrected chi connectivity index (χ2v) is 12.5. The van der Waals surface area contributed by atoms with Crippen molar-refractivity contribution in [3.63, 3.8) is 0 Å². The van der Waals surface area contributed by atoms with E-state index in [1.807, 2.05) is 13.8 Å². The first-order chi connectivity index (χ1) is 19.6. The van der Waals surface area contributed by atoms with Crippen LogP contribution in [0.25, 0.3) is 11.3 Å². The Labute approximate surface area is 252 Å². The number of carboxylic acids is 1. The van der Waals surface area contributed by atoms with Crippen molar-refractivity contribution in [1.82, 2.24) is 5.16 Å². The smallest absolute Gasteiger partial charge is 0.339 e. The van der Waals surface area contributed by atoms with Crippen LogP contribution in [-0.4, -0.2) is 38.1 Å². The highest BCUT2D eigenvalue weighted by Gasteiger charge is 2.52. The summed E-state index contributed by atoms with van der Waals surface area (Å²) in [7, 11) is 0. The normalized spacial score (nSPS) is 23.8. The number of benzene rings is 2. The van der Waals surface area contributed by atoms with Gasteiger partial charge in [-0.25, -0.2) is 4.79 Å². The van der Waals surface area contributed by atoms with E-state index in [0.29, 0.717) is 56.4 Å². The van der Waals surface area contributed by atoms with Gasteiger partial charge in [0.1, 0.15) is 23.8 Å². The molecule has 2 aliphatic carbocycles. The van der Waals surface area contributed by atoms with Gasteiger partial charge in [-0.05, 0) is 68.9 Å². The minimum atomic E-state index is -1.13. The minimum absolute atomic E-state index is 0.0135. The SMILES string of the molecule is CC(C)[N+]1=NC(C(=O)O)C=C1C1CC(O)(c2ccc(OCc3c(-c4c(Cl)cccc4Cl)noc3C3CC3)cc2Cl)C1. The minimum Gasteiger partial charge on any atom is -0.489 e. The number of allylic oxidation sites excluding steroid dienone is 1. The monoisotopic (exact) mass is 616 g/mol. The van der Waals surface area contributed by atoms with E-state index in [2.05, 4.69) is 10.3 Å². The number of carbonyl (C=O) groups is 1. The van der Waals surface area contributed by atoms with Gasteiger partial charge in [0.2, 0.25) is 11.7 Å². The Morgan fingerprint density at radius 2 is 1.83 bits per heavy atom. The summed E-state index contributed by atoms with van der Waals surface area (Å²) in [5, 5.41) is 30.8.